The minimum absolute atomic E-state index is 0.0767. The molecule has 0 radical (unpaired) electrons. The van der Waals surface area contributed by atoms with Gasteiger partial charge in [0.25, 0.3) is 0 Å². The predicted molar refractivity (Wildman–Crippen MR) is 90.5 cm³/mol. The standard InChI is InChI=1S/C14H18BrN3O2S/c1-9(14(19)18-4-6-20-7-5-18)17-10-2-3-11(13(16)21)12(15)8-10/h2-3,8-9,17H,4-7H2,1H3,(H2,16,21). The Bertz CT molecular complexity index is 547. The third-order valence-electron chi connectivity index (χ3n) is 3.31. The lowest BCUT2D eigenvalue weighted by atomic mass is 10.2. The van der Waals surface area contributed by atoms with E-state index >= 15 is 0 Å². The van der Waals surface area contributed by atoms with Crippen molar-refractivity contribution in [2.45, 2.75) is 13.0 Å². The molecule has 1 saturated heterocycles. The number of ether oxygens (including phenoxy) is 1. The molecular weight excluding hydrogens is 354 g/mol. The molecule has 21 heavy (non-hydrogen) atoms. The number of anilines is 1. The van der Waals surface area contributed by atoms with Crippen LogP contribution in [0, 0.1) is 0 Å². The molecule has 5 nitrogen and oxygen atoms in total. The maximum atomic E-state index is 12.3. The van der Waals surface area contributed by atoms with Gasteiger partial charge in [0.15, 0.2) is 0 Å². The number of hydrogen-bond acceptors (Lipinski definition) is 4. The molecule has 0 spiro atoms. The minimum Gasteiger partial charge on any atom is -0.389 e. The van der Waals surface area contributed by atoms with Crippen LogP contribution in [0.25, 0.3) is 0 Å². The molecule has 1 atom stereocenters. The second kappa shape index (κ2) is 7.20. The van der Waals surface area contributed by atoms with Gasteiger partial charge in [-0.15, -0.1) is 0 Å². The SMILES string of the molecule is CC(Nc1ccc(C(N)=S)c(Br)c1)C(=O)N1CCOCC1. The van der Waals surface area contributed by atoms with Crippen LogP contribution in [-0.4, -0.2) is 48.1 Å². The van der Waals surface area contributed by atoms with Gasteiger partial charge in [0.2, 0.25) is 5.91 Å². The van der Waals surface area contributed by atoms with Crippen molar-refractivity contribution >= 4 is 44.7 Å². The highest BCUT2D eigenvalue weighted by Gasteiger charge is 2.22. The normalized spacial score (nSPS) is 16.4. The minimum atomic E-state index is -0.300. The van der Waals surface area contributed by atoms with Gasteiger partial charge >= 0.3 is 0 Å². The van der Waals surface area contributed by atoms with Crippen LogP contribution in [0.15, 0.2) is 22.7 Å². The fourth-order valence-corrected chi connectivity index (χ4v) is 3.08. The Morgan fingerprint density at radius 2 is 2.14 bits per heavy atom. The van der Waals surface area contributed by atoms with Gasteiger partial charge in [0, 0.05) is 28.8 Å². The Labute approximate surface area is 137 Å². The van der Waals surface area contributed by atoms with Crippen molar-refractivity contribution in [3.05, 3.63) is 28.2 Å². The molecular formula is C14H18BrN3O2S. The fraction of sp³-hybridized carbons (Fsp3) is 0.429. The molecule has 0 aliphatic carbocycles. The lowest BCUT2D eigenvalue weighted by Crippen LogP contribution is -2.47. The summed E-state index contributed by atoms with van der Waals surface area (Å²) in [5.74, 6) is 0.0767. The van der Waals surface area contributed by atoms with Gasteiger partial charge in [0.05, 0.1) is 13.2 Å². The largest absolute Gasteiger partial charge is 0.389 e. The summed E-state index contributed by atoms with van der Waals surface area (Å²) in [6.45, 7) is 4.36. The van der Waals surface area contributed by atoms with Crippen LogP contribution in [0.5, 0.6) is 0 Å². The quantitative estimate of drug-likeness (QED) is 0.789. The molecule has 1 aliphatic rings. The first-order valence-electron chi connectivity index (χ1n) is 6.71. The number of hydrogen-bond donors (Lipinski definition) is 2. The van der Waals surface area contributed by atoms with Gasteiger partial charge in [-0.05, 0) is 41.1 Å². The van der Waals surface area contributed by atoms with Crippen LogP contribution in [-0.2, 0) is 9.53 Å². The van der Waals surface area contributed by atoms with Crippen LogP contribution >= 0.6 is 28.1 Å². The Morgan fingerprint density at radius 1 is 1.48 bits per heavy atom. The van der Waals surface area contributed by atoms with Crippen molar-refractivity contribution in [1.82, 2.24) is 4.90 Å². The summed E-state index contributed by atoms with van der Waals surface area (Å²) in [5.41, 5.74) is 7.24. The molecule has 1 amide bonds. The number of nitrogens with two attached hydrogens (primary N) is 1. The number of halogens is 1. The van der Waals surface area contributed by atoms with Gasteiger partial charge in [-0.2, -0.15) is 0 Å². The Morgan fingerprint density at radius 3 is 2.71 bits per heavy atom. The summed E-state index contributed by atoms with van der Waals surface area (Å²) in [7, 11) is 0. The zero-order chi connectivity index (χ0) is 15.4. The molecule has 114 valence electrons. The zero-order valence-corrected chi connectivity index (χ0v) is 14.2. The lowest BCUT2D eigenvalue weighted by Gasteiger charge is -2.29. The van der Waals surface area contributed by atoms with Gasteiger partial charge in [-0.25, -0.2) is 0 Å². The summed E-state index contributed by atoms with van der Waals surface area (Å²) in [5, 5.41) is 3.20. The molecule has 0 bridgehead atoms. The van der Waals surface area contributed by atoms with Gasteiger partial charge in [-0.3, -0.25) is 4.79 Å². The number of benzene rings is 1. The highest BCUT2D eigenvalue weighted by molar-refractivity contribution is 9.10. The van der Waals surface area contributed by atoms with Crippen molar-refractivity contribution in [3.8, 4) is 0 Å². The number of carbonyl (C=O) groups excluding carboxylic acids is 1. The van der Waals surface area contributed by atoms with Crippen molar-refractivity contribution in [3.63, 3.8) is 0 Å². The summed E-state index contributed by atoms with van der Waals surface area (Å²) in [6.07, 6.45) is 0. The second-order valence-electron chi connectivity index (χ2n) is 4.86. The Balaban J connectivity index is 2.01. The van der Waals surface area contributed by atoms with E-state index in [9.17, 15) is 4.79 Å². The molecule has 1 fully saturated rings. The van der Waals surface area contributed by atoms with E-state index in [2.05, 4.69) is 21.2 Å². The molecule has 1 aromatic rings. The average Bonchev–Trinajstić information content (AvgIpc) is 2.47. The van der Waals surface area contributed by atoms with E-state index < -0.39 is 0 Å². The molecule has 1 unspecified atom stereocenters. The number of rotatable bonds is 4. The van der Waals surface area contributed by atoms with Crippen LogP contribution in [0.3, 0.4) is 0 Å². The van der Waals surface area contributed by atoms with Crippen molar-refractivity contribution < 1.29 is 9.53 Å². The number of amides is 1. The van der Waals surface area contributed by atoms with Gasteiger partial charge in [-0.1, -0.05) is 12.2 Å². The van der Waals surface area contributed by atoms with Crippen LogP contribution < -0.4 is 11.1 Å². The number of thiocarbonyl (C=S) groups is 1. The van der Waals surface area contributed by atoms with Crippen LogP contribution in [0.1, 0.15) is 12.5 Å². The average molecular weight is 372 g/mol. The number of nitrogens with one attached hydrogen (secondary N) is 1. The van der Waals surface area contributed by atoms with Crippen LogP contribution in [0.4, 0.5) is 5.69 Å². The van der Waals surface area contributed by atoms with E-state index in [0.717, 1.165) is 15.7 Å². The summed E-state index contributed by atoms with van der Waals surface area (Å²) in [6, 6.07) is 5.27. The Kier molecular flexibility index (Phi) is 5.55. The molecule has 1 aliphatic heterocycles. The molecule has 1 heterocycles. The molecule has 2 rings (SSSR count). The van der Waals surface area contributed by atoms with Gasteiger partial charge in [0.1, 0.15) is 11.0 Å². The van der Waals surface area contributed by atoms with E-state index in [1.807, 2.05) is 30.0 Å². The molecule has 7 heteroatoms. The summed E-state index contributed by atoms with van der Waals surface area (Å²) in [4.78, 5) is 14.5. The first kappa shape index (κ1) is 16.2. The van der Waals surface area contributed by atoms with E-state index in [-0.39, 0.29) is 11.9 Å². The third kappa shape index (κ3) is 4.15. The number of nitrogens with zero attached hydrogens (tertiary/aromatic N) is 1. The Hall–Kier alpha value is -1.18. The summed E-state index contributed by atoms with van der Waals surface area (Å²) >= 11 is 8.39. The highest BCUT2D eigenvalue weighted by Crippen LogP contribution is 2.22. The lowest BCUT2D eigenvalue weighted by molar-refractivity contribution is -0.135. The van der Waals surface area contributed by atoms with Gasteiger partial charge < -0.3 is 20.7 Å². The van der Waals surface area contributed by atoms with Crippen molar-refractivity contribution in [2.24, 2.45) is 5.73 Å². The van der Waals surface area contributed by atoms with Crippen molar-refractivity contribution in [1.29, 1.82) is 0 Å². The maximum absolute atomic E-state index is 12.3. The zero-order valence-electron chi connectivity index (χ0n) is 11.8. The first-order valence-corrected chi connectivity index (χ1v) is 7.91. The second-order valence-corrected chi connectivity index (χ2v) is 6.16. The smallest absolute Gasteiger partial charge is 0.244 e. The first-order chi connectivity index (χ1) is 9.99. The highest BCUT2D eigenvalue weighted by atomic mass is 79.9. The molecule has 0 saturated carbocycles. The number of carbonyl (C=O) groups is 1. The summed E-state index contributed by atoms with van der Waals surface area (Å²) < 4.78 is 6.07. The van der Waals surface area contributed by atoms with E-state index in [1.54, 1.807) is 0 Å². The molecule has 1 aromatic carbocycles. The predicted octanol–water partition coefficient (Wildman–Crippen LogP) is 1.74. The molecule has 0 aromatic heterocycles. The molecule has 3 N–H and O–H groups in total. The maximum Gasteiger partial charge on any atom is 0.244 e. The monoisotopic (exact) mass is 371 g/mol. The number of morpholine rings is 1. The van der Waals surface area contributed by atoms with E-state index in [0.29, 0.717) is 31.3 Å². The van der Waals surface area contributed by atoms with E-state index in [1.165, 1.54) is 0 Å². The van der Waals surface area contributed by atoms with E-state index in [4.69, 9.17) is 22.7 Å². The fourth-order valence-electron chi connectivity index (χ4n) is 2.17. The topological polar surface area (TPSA) is 67.6 Å². The van der Waals surface area contributed by atoms with Crippen molar-refractivity contribution in [2.75, 3.05) is 31.6 Å². The third-order valence-corrected chi connectivity index (χ3v) is 4.19. The van der Waals surface area contributed by atoms with Crippen LogP contribution in [0.2, 0.25) is 0 Å².